The molecule has 0 aliphatic carbocycles. The van der Waals surface area contributed by atoms with Crippen LogP contribution in [0.15, 0.2) is 22.9 Å². The Hall–Kier alpha value is -1.77. The molecule has 8 heteroatoms. The molecule has 0 radical (unpaired) electrons. The van der Waals surface area contributed by atoms with Crippen molar-refractivity contribution in [3.05, 3.63) is 34.1 Å². The maximum atomic E-state index is 12.9. The Morgan fingerprint density at radius 3 is 2.95 bits per heavy atom. The standard InChI is InChI=1S/C11H14FN3O4/c1-5-3-15(11(18)14-9(5)13)10-6(2-12)8(17)7(4-16)19-10/h2-3,7-8,10,16-17H,4H2,1H3,(H2,13,14,18)/b6-2+/t7-,8+,10-/m1/s1. The molecule has 0 amide bonds. The molecule has 3 atom stereocenters. The Bertz CT molecular complexity index is 572. The fourth-order valence-corrected chi connectivity index (χ4v) is 1.91. The van der Waals surface area contributed by atoms with Gasteiger partial charge in [0.1, 0.15) is 18.0 Å². The highest BCUT2D eigenvalue weighted by atomic mass is 19.1. The number of nitrogens with two attached hydrogens (primary N) is 1. The Morgan fingerprint density at radius 2 is 2.37 bits per heavy atom. The molecule has 2 heterocycles. The highest BCUT2D eigenvalue weighted by Crippen LogP contribution is 2.33. The van der Waals surface area contributed by atoms with Gasteiger partial charge in [0.05, 0.1) is 12.9 Å². The summed E-state index contributed by atoms with van der Waals surface area (Å²) in [5, 5.41) is 18.8. The molecule has 19 heavy (non-hydrogen) atoms. The first-order valence-electron chi connectivity index (χ1n) is 5.59. The Balaban J connectivity index is 2.47. The summed E-state index contributed by atoms with van der Waals surface area (Å²) in [6.07, 6.45) is -1.91. The first-order valence-corrected chi connectivity index (χ1v) is 5.59. The number of hydrogen-bond donors (Lipinski definition) is 3. The number of nitrogen functional groups attached to an aromatic ring is 1. The Morgan fingerprint density at radius 1 is 1.68 bits per heavy atom. The average molecular weight is 271 g/mol. The number of aryl methyl sites for hydroxylation is 1. The monoisotopic (exact) mass is 271 g/mol. The molecular formula is C11H14FN3O4. The van der Waals surface area contributed by atoms with Crippen LogP contribution in [0.2, 0.25) is 0 Å². The van der Waals surface area contributed by atoms with Gasteiger partial charge in [-0.05, 0) is 6.92 Å². The maximum Gasteiger partial charge on any atom is 0.351 e. The van der Waals surface area contributed by atoms with Crippen LogP contribution in [0.1, 0.15) is 11.8 Å². The molecule has 1 fully saturated rings. The van der Waals surface area contributed by atoms with Gasteiger partial charge < -0.3 is 20.7 Å². The van der Waals surface area contributed by atoms with Crippen molar-refractivity contribution in [3.63, 3.8) is 0 Å². The van der Waals surface area contributed by atoms with Crippen LogP contribution < -0.4 is 11.4 Å². The van der Waals surface area contributed by atoms with Gasteiger partial charge in [-0.25, -0.2) is 9.18 Å². The van der Waals surface area contributed by atoms with Gasteiger partial charge in [-0.2, -0.15) is 4.98 Å². The summed E-state index contributed by atoms with van der Waals surface area (Å²) in [4.78, 5) is 15.3. The van der Waals surface area contributed by atoms with E-state index in [1.807, 2.05) is 0 Å². The molecule has 1 saturated heterocycles. The number of rotatable bonds is 2. The lowest BCUT2D eigenvalue weighted by atomic mass is 10.1. The average Bonchev–Trinajstić information content (AvgIpc) is 2.70. The predicted octanol–water partition coefficient (Wildman–Crippen LogP) is -0.762. The summed E-state index contributed by atoms with van der Waals surface area (Å²) in [6, 6.07) is 0. The van der Waals surface area contributed by atoms with E-state index in [0.717, 1.165) is 4.57 Å². The van der Waals surface area contributed by atoms with Crippen LogP contribution in [0.4, 0.5) is 10.2 Å². The highest BCUT2D eigenvalue weighted by Gasteiger charge is 2.40. The molecule has 1 aliphatic heterocycles. The summed E-state index contributed by atoms with van der Waals surface area (Å²) < 4.78 is 19.1. The molecule has 1 aromatic rings. The zero-order chi connectivity index (χ0) is 14.2. The Kier molecular flexibility index (Phi) is 3.65. The molecule has 1 aliphatic rings. The van der Waals surface area contributed by atoms with Gasteiger partial charge >= 0.3 is 5.69 Å². The second-order valence-electron chi connectivity index (χ2n) is 4.26. The molecule has 1 aromatic heterocycles. The van der Waals surface area contributed by atoms with Crippen LogP contribution in [0, 0.1) is 6.92 Å². The van der Waals surface area contributed by atoms with E-state index >= 15 is 0 Å². The minimum Gasteiger partial charge on any atom is -0.394 e. The van der Waals surface area contributed by atoms with E-state index in [9.17, 15) is 14.3 Å². The van der Waals surface area contributed by atoms with Gasteiger partial charge in [0, 0.05) is 17.3 Å². The normalized spacial score (nSPS) is 29.1. The van der Waals surface area contributed by atoms with Crippen LogP contribution >= 0.6 is 0 Å². The largest absolute Gasteiger partial charge is 0.394 e. The lowest BCUT2D eigenvalue weighted by molar-refractivity contribution is -0.0447. The molecule has 2 rings (SSSR count). The second kappa shape index (κ2) is 5.08. The lowest BCUT2D eigenvalue weighted by Crippen LogP contribution is -2.29. The van der Waals surface area contributed by atoms with Crippen molar-refractivity contribution in [1.29, 1.82) is 0 Å². The number of aliphatic hydroxyl groups is 2. The topological polar surface area (TPSA) is 111 Å². The molecular weight excluding hydrogens is 257 g/mol. The van der Waals surface area contributed by atoms with Crippen LogP contribution in [-0.4, -0.2) is 38.6 Å². The van der Waals surface area contributed by atoms with E-state index in [1.54, 1.807) is 6.92 Å². The molecule has 7 nitrogen and oxygen atoms in total. The second-order valence-corrected chi connectivity index (χ2v) is 4.26. The molecule has 0 unspecified atom stereocenters. The summed E-state index contributed by atoms with van der Waals surface area (Å²) >= 11 is 0. The third kappa shape index (κ3) is 2.25. The zero-order valence-electron chi connectivity index (χ0n) is 10.2. The van der Waals surface area contributed by atoms with Crippen molar-refractivity contribution >= 4 is 5.82 Å². The van der Waals surface area contributed by atoms with Crippen molar-refractivity contribution in [3.8, 4) is 0 Å². The van der Waals surface area contributed by atoms with E-state index in [2.05, 4.69) is 4.98 Å². The maximum absolute atomic E-state index is 12.9. The first-order chi connectivity index (χ1) is 8.99. The van der Waals surface area contributed by atoms with Crippen LogP contribution in [0.3, 0.4) is 0 Å². The van der Waals surface area contributed by atoms with Crippen molar-refractivity contribution in [2.24, 2.45) is 0 Å². The van der Waals surface area contributed by atoms with Gasteiger partial charge in [-0.3, -0.25) is 4.57 Å². The SMILES string of the molecule is Cc1cn([C@@H]2O[C@H](CO)[C@@H](O)/C2=C\F)c(=O)nc1N. The van der Waals surface area contributed by atoms with E-state index in [0.29, 0.717) is 5.56 Å². The van der Waals surface area contributed by atoms with Crippen LogP contribution in [0.5, 0.6) is 0 Å². The van der Waals surface area contributed by atoms with Gasteiger partial charge in [-0.1, -0.05) is 0 Å². The van der Waals surface area contributed by atoms with Gasteiger partial charge in [-0.15, -0.1) is 0 Å². The third-order valence-corrected chi connectivity index (χ3v) is 3.01. The first kappa shape index (κ1) is 13.7. The van der Waals surface area contributed by atoms with E-state index in [1.165, 1.54) is 6.20 Å². The number of nitrogens with zero attached hydrogens (tertiary/aromatic N) is 2. The lowest BCUT2D eigenvalue weighted by Gasteiger charge is -2.15. The number of aromatic nitrogens is 2. The quantitative estimate of drug-likeness (QED) is 0.652. The highest BCUT2D eigenvalue weighted by molar-refractivity contribution is 5.35. The van der Waals surface area contributed by atoms with Crippen molar-refractivity contribution in [2.75, 3.05) is 12.3 Å². The fourth-order valence-electron chi connectivity index (χ4n) is 1.91. The summed E-state index contributed by atoms with van der Waals surface area (Å²) in [5.41, 5.74) is 5.14. The molecule has 104 valence electrons. The Labute approximate surface area is 107 Å². The van der Waals surface area contributed by atoms with Crippen LogP contribution in [0.25, 0.3) is 0 Å². The fraction of sp³-hybridized carbons (Fsp3) is 0.455. The summed E-state index contributed by atoms with van der Waals surface area (Å²) in [5.74, 6) is 0.0734. The van der Waals surface area contributed by atoms with Crippen LogP contribution in [-0.2, 0) is 4.74 Å². The molecule has 0 saturated carbocycles. The molecule has 0 spiro atoms. The van der Waals surface area contributed by atoms with E-state index < -0.39 is 30.7 Å². The zero-order valence-corrected chi connectivity index (χ0v) is 10.2. The number of anilines is 1. The third-order valence-electron chi connectivity index (χ3n) is 3.01. The minimum absolute atomic E-state index is 0.0734. The number of ether oxygens (including phenoxy) is 1. The van der Waals surface area contributed by atoms with E-state index in [-0.39, 0.29) is 17.7 Å². The van der Waals surface area contributed by atoms with E-state index in [4.69, 9.17) is 15.6 Å². The molecule has 0 aromatic carbocycles. The summed E-state index contributed by atoms with van der Waals surface area (Å²) in [6.45, 7) is 1.14. The van der Waals surface area contributed by atoms with Crippen molar-refractivity contribution < 1.29 is 19.3 Å². The van der Waals surface area contributed by atoms with Gasteiger partial charge in [0.15, 0.2) is 6.23 Å². The number of hydrogen-bond acceptors (Lipinski definition) is 6. The summed E-state index contributed by atoms with van der Waals surface area (Å²) in [7, 11) is 0. The van der Waals surface area contributed by atoms with Crippen molar-refractivity contribution in [2.45, 2.75) is 25.4 Å². The molecule has 4 N–H and O–H groups in total. The van der Waals surface area contributed by atoms with Gasteiger partial charge in [0.25, 0.3) is 0 Å². The predicted molar refractivity (Wildman–Crippen MR) is 63.8 cm³/mol. The minimum atomic E-state index is -1.32. The molecule has 0 bridgehead atoms. The number of aliphatic hydroxyl groups excluding tert-OH is 2. The smallest absolute Gasteiger partial charge is 0.351 e. The van der Waals surface area contributed by atoms with Crippen molar-refractivity contribution in [1.82, 2.24) is 9.55 Å². The number of halogens is 1. The van der Waals surface area contributed by atoms with Gasteiger partial charge in [0.2, 0.25) is 0 Å².